The molecule has 0 amide bonds. The number of hydrogen-bond donors (Lipinski definition) is 2. The lowest BCUT2D eigenvalue weighted by atomic mass is 10.0. The first-order chi connectivity index (χ1) is 4.93. The van der Waals surface area contributed by atoms with E-state index in [2.05, 4.69) is 9.57 Å². The minimum atomic E-state index is -1.23. The largest absolute Gasteiger partial charge is 0.468 e. The van der Waals surface area contributed by atoms with Gasteiger partial charge in [0.1, 0.15) is 6.04 Å². The van der Waals surface area contributed by atoms with E-state index in [-0.39, 0.29) is 0 Å². The minimum Gasteiger partial charge on any atom is -0.468 e. The van der Waals surface area contributed by atoms with Crippen molar-refractivity contribution in [3.63, 3.8) is 0 Å². The summed E-state index contributed by atoms with van der Waals surface area (Å²) in [6.45, 7) is 2.92. The van der Waals surface area contributed by atoms with Crippen LogP contribution in [0.5, 0.6) is 0 Å². The predicted molar refractivity (Wildman–Crippen MR) is 41.1 cm³/mol. The Bertz CT molecular complexity index is 143. The van der Waals surface area contributed by atoms with E-state index in [1.807, 2.05) is 0 Å². The quantitative estimate of drug-likeness (QED) is 0.477. The standard InChI is InChI=1S/C6H12ClNO3/c1-6(2,10)4(8-7)5(9)11-3/h4,8,10H,1-3H3/t4-/m1/s1. The van der Waals surface area contributed by atoms with Crippen LogP contribution in [0.2, 0.25) is 0 Å². The van der Waals surface area contributed by atoms with Gasteiger partial charge >= 0.3 is 5.97 Å². The van der Waals surface area contributed by atoms with E-state index >= 15 is 0 Å². The van der Waals surface area contributed by atoms with E-state index in [9.17, 15) is 9.90 Å². The molecule has 0 bridgehead atoms. The average molecular weight is 182 g/mol. The summed E-state index contributed by atoms with van der Waals surface area (Å²) in [6.07, 6.45) is 0. The van der Waals surface area contributed by atoms with Gasteiger partial charge in [-0.3, -0.25) is 4.79 Å². The van der Waals surface area contributed by atoms with Crippen molar-refractivity contribution >= 4 is 17.7 Å². The molecule has 2 N–H and O–H groups in total. The van der Waals surface area contributed by atoms with E-state index < -0.39 is 17.6 Å². The van der Waals surface area contributed by atoms with Gasteiger partial charge in [-0.05, 0) is 25.6 Å². The van der Waals surface area contributed by atoms with Crippen LogP contribution < -0.4 is 4.84 Å². The predicted octanol–water partition coefficient (Wildman–Crippen LogP) is 0.0423. The van der Waals surface area contributed by atoms with Gasteiger partial charge in [-0.15, -0.1) is 0 Å². The van der Waals surface area contributed by atoms with Gasteiger partial charge in [0.25, 0.3) is 0 Å². The fraction of sp³-hybridized carbons (Fsp3) is 0.833. The summed E-state index contributed by atoms with van der Waals surface area (Å²) in [5, 5.41) is 9.33. The van der Waals surface area contributed by atoms with Gasteiger partial charge in [-0.2, -0.15) is 0 Å². The van der Waals surface area contributed by atoms with Crippen molar-refractivity contribution in [3.05, 3.63) is 0 Å². The summed E-state index contributed by atoms with van der Waals surface area (Å²) < 4.78 is 4.38. The molecule has 0 aliphatic rings. The van der Waals surface area contributed by atoms with Crippen LogP contribution in [0.4, 0.5) is 0 Å². The smallest absolute Gasteiger partial charge is 0.327 e. The second-order valence-corrected chi connectivity index (χ2v) is 2.94. The lowest BCUT2D eigenvalue weighted by Crippen LogP contribution is -2.49. The van der Waals surface area contributed by atoms with Gasteiger partial charge in [0.2, 0.25) is 0 Å². The number of aliphatic hydroxyl groups is 1. The van der Waals surface area contributed by atoms with Crippen LogP contribution in [0.25, 0.3) is 0 Å². The normalized spacial score (nSPS) is 14.3. The van der Waals surface area contributed by atoms with Gasteiger partial charge in [0.15, 0.2) is 0 Å². The molecule has 11 heavy (non-hydrogen) atoms. The second-order valence-electron chi connectivity index (χ2n) is 2.72. The molecule has 0 unspecified atom stereocenters. The Morgan fingerprint density at radius 1 is 1.73 bits per heavy atom. The van der Waals surface area contributed by atoms with Crippen molar-refractivity contribution in [1.29, 1.82) is 0 Å². The molecule has 0 aromatic rings. The first-order valence-corrected chi connectivity index (χ1v) is 3.47. The molecule has 66 valence electrons. The molecule has 0 saturated heterocycles. The number of rotatable bonds is 3. The lowest BCUT2D eigenvalue weighted by Gasteiger charge is -2.24. The maximum atomic E-state index is 10.9. The Labute approximate surface area is 70.6 Å². The molecule has 0 spiro atoms. The van der Waals surface area contributed by atoms with Crippen molar-refractivity contribution in [3.8, 4) is 0 Å². The molecule has 0 aromatic carbocycles. The van der Waals surface area contributed by atoms with E-state index in [1.165, 1.54) is 21.0 Å². The molecule has 0 rings (SSSR count). The number of hydrogen-bond acceptors (Lipinski definition) is 4. The van der Waals surface area contributed by atoms with Crippen LogP contribution in [0.15, 0.2) is 0 Å². The molecular formula is C6H12ClNO3. The number of nitrogens with one attached hydrogen (secondary N) is 1. The second kappa shape index (κ2) is 3.90. The zero-order valence-corrected chi connectivity index (χ0v) is 7.47. The summed E-state index contributed by atoms with van der Waals surface area (Å²) in [7, 11) is 1.23. The molecule has 0 aromatic heterocycles. The van der Waals surface area contributed by atoms with Crippen LogP contribution in [0, 0.1) is 0 Å². The fourth-order valence-corrected chi connectivity index (χ4v) is 0.940. The third-order valence-corrected chi connectivity index (χ3v) is 1.47. The number of carbonyl (C=O) groups excluding carboxylic acids is 1. The number of esters is 1. The Morgan fingerprint density at radius 2 is 2.18 bits per heavy atom. The van der Waals surface area contributed by atoms with E-state index in [0.717, 1.165) is 0 Å². The van der Waals surface area contributed by atoms with Crippen LogP contribution in [0.3, 0.4) is 0 Å². The monoisotopic (exact) mass is 181 g/mol. The van der Waals surface area contributed by atoms with Gasteiger partial charge in [-0.1, -0.05) is 0 Å². The first-order valence-electron chi connectivity index (χ1n) is 3.10. The summed E-state index contributed by atoms with van der Waals surface area (Å²) in [4.78, 5) is 13.0. The minimum absolute atomic E-state index is 0.590. The number of carbonyl (C=O) groups is 1. The molecule has 0 saturated carbocycles. The van der Waals surface area contributed by atoms with Crippen molar-refractivity contribution in [1.82, 2.24) is 4.84 Å². The molecular weight excluding hydrogens is 170 g/mol. The number of halogens is 1. The van der Waals surface area contributed by atoms with Crippen molar-refractivity contribution in [2.75, 3.05) is 7.11 Å². The van der Waals surface area contributed by atoms with Gasteiger partial charge in [0, 0.05) is 0 Å². The van der Waals surface area contributed by atoms with E-state index in [0.29, 0.717) is 0 Å². The summed E-state index contributed by atoms with van der Waals surface area (Å²) in [5.41, 5.74) is -1.23. The molecule has 0 heterocycles. The third-order valence-electron chi connectivity index (χ3n) is 1.25. The molecule has 5 heteroatoms. The van der Waals surface area contributed by atoms with Gasteiger partial charge in [0.05, 0.1) is 12.7 Å². The van der Waals surface area contributed by atoms with Crippen molar-refractivity contribution in [2.45, 2.75) is 25.5 Å². The average Bonchev–Trinajstić information content (AvgIpc) is 1.86. The Hall–Kier alpha value is -0.320. The zero-order chi connectivity index (χ0) is 9.07. The van der Waals surface area contributed by atoms with Crippen molar-refractivity contribution < 1.29 is 14.6 Å². The molecule has 0 radical (unpaired) electrons. The van der Waals surface area contributed by atoms with Gasteiger partial charge < -0.3 is 9.84 Å². The highest BCUT2D eigenvalue weighted by Gasteiger charge is 2.33. The maximum absolute atomic E-state index is 10.9. The van der Waals surface area contributed by atoms with Crippen LogP contribution in [-0.2, 0) is 9.53 Å². The SMILES string of the molecule is COC(=O)[C@@H](NCl)C(C)(C)O. The third kappa shape index (κ3) is 3.05. The topological polar surface area (TPSA) is 58.6 Å². The Kier molecular flexibility index (Phi) is 3.78. The van der Waals surface area contributed by atoms with Crippen LogP contribution >= 0.6 is 11.8 Å². The maximum Gasteiger partial charge on any atom is 0.327 e. The summed E-state index contributed by atoms with van der Waals surface area (Å²) >= 11 is 5.21. The Balaban J connectivity index is 4.29. The van der Waals surface area contributed by atoms with Crippen molar-refractivity contribution in [2.24, 2.45) is 0 Å². The van der Waals surface area contributed by atoms with Crippen LogP contribution in [-0.4, -0.2) is 29.8 Å². The number of methoxy groups -OCH3 is 1. The lowest BCUT2D eigenvalue weighted by molar-refractivity contribution is -0.148. The zero-order valence-electron chi connectivity index (χ0n) is 6.72. The van der Waals surface area contributed by atoms with E-state index in [4.69, 9.17) is 11.8 Å². The highest BCUT2D eigenvalue weighted by Crippen LogP contribution is 2.10. The van der Waals surface area contributed by atoms with E-state index in [1.54, 1.807) is 0 Å². The Morgan fingerprint density at radius 3 is 2.27 bits per heavy atom. The van der Waals surface area contributed by atoms with Gasteiger partial charge in [-0.25, -0.2) is 4.84 Å². The highest BCUT2D eigenvalue weighted by molar-refractivity contribution is 6.15. The summed E-state index contributed by atoms with van der Waals surface area (Å²) in [5.74, 6) is -0.590. The fourth-order valence-electron chi connectivity index (χ4n) is 0.584. The summed E-state index contributed by atoms with van der Waals surface area (Å²) in [6, 6.07) is -0.908. The first kappa shape index (κ1) is 10.7. The molecule has 0 fully saturated rings. The highest BCUT2D eigenvalue weighted by atomic mass is 35.5. The molecule has 0 aliphatic heterocycles. The molecule has 4 nitrogen and oxygen atoms in total. The van der Waals surface area contributed by atoms with Crippen LogP contribution in [0.1, 0.15) is 13.8 Å². The number of ether oxygens (including phenoxy) is 1. The molecule has 1 atom stereocenters. The molecule has 0 aliphatic carbocycles.